The van der Waals surface area contributed by atoms with Crippen LogP contribution in [0.3, 0.4) is 0 Å². The van der Waals surface area contributed by atoms with Crippen LogP contribution in [0.5, 0.6) is 11.5 Å². The van der Waals surface area contributed by atoms with Crippen molar-refractivity contribution in [2.24, 2.45) is 0 Å². The topological polar surface area (TPSA) is 44.2 Å². The van der Waals surface area contributed by atoms with Gasteiger partial charge in [-0.25, -0.2) is 0 Å². The molecule has 0 unspecified atom stereocenters. The maximum atomic E-state index is 5.24. The Hall–Kier alpha value is -2.01. The summed E-state index contributed by atoms with van der Waals surface area (Å²) in [4.78, 5) is 7.78. The van der Waals surface area contributed by atoms with Crippen molar-refractivity contribution >= 4 is 17.5 Å². The molecule has 0 aliphatic heterocycles. The average molecular weight is 232 g/mol. The molecule has 0 atom stereocenters. The predicted octanol–water partition coefficient (Wildman–Crippen LogP) is 2.22. The van der Waals surface area contributed by atoms with E-state index in [1.807, 2.05) is 0 Å². The monoisotopic (exact) mass is 232 g/mol. The molecule has 0 saturated heterocycles. The van der Waals surface area contributed by atoms with Crippen LogP contribution in [0.2, 0.25) is 0 Å². The van der Waals surface area contributed by atoms with Crippen LogP contribution < -0.4 is 9.47 Å². The number of nitrogens with zero attached hydrogens (tertiary/aromatic N) is 2. The zero-order valence-corrected chi connectivity index (χ0v) is 9.05. The third kappa shape index (κ3) is 2.99. The van der Waals surface area contributed by atoms with E-state index >= 15 is 0 Å². The summed E-state index contributed by atoms with van der Waals surface area (Å²) in [6.07, 6.45) is 6.41. The fourth-order valence-electron chi connectivity index (χ4n) is 1.03. The Balaban J connectivity index is 1.95. The molecule has 0 N–H and O–H groups in total. The molecular formula is C11H8N2O2S. The lowest BCUT2D eigenvalue weighted by Crippen LogP contribution is -2.13. The lowest BCUT2D eigenvalue weighted by atomic mass is 10.5. The summed E-state index contributed by atoms with van der Waals surface area (Å²) in [5, 5.41) is 0.0148. The molecule has 2 heterocycles. The molecule has 0 fully saturated rings. The molecule has 16 heavy (non-hydrogen) atoms. The highest BCUT2D eigenvalue weighted by atomic mass is 32.1. The molecule has 80 valence electrons. The van der Waals surface area contributed by atoms with Gasteiger partial charge in [0, 0.05) is 24.6 Å². The van der Waals surface area contributed by atoms with Gasteiger partial charge in [-0.05, 0) is 24.3 Å². The molecule has 0 aliphatic rings. The van der Waals surface area contributed by atoms with Crippen molar-refractivity contribution in [1.82, 2.24) is 9.97 Å². The second kappa shape index (κ2) is 5.18. The van der Waals surface area contributed by atoms with Gasteiger partial charge in [0.1, 0.15) is 11.5 Å². The predicted molar refractivity (Wildman–Crippen MR) is 62.3 cm³/mol. The fourth-order valence-corrected chi connectivity index (χ4v) is 1.22. The van der Waals surface area contributed by atoms with Gasteiger partial charge in [-0.2, -0.15) is 0 Å². The van der Waals surface area contributed by atoms with E-state index in [1.165, 1.54) is 0 Å². The Morgan fingerprint density at radius 1 is 0.938 bits per heavy atom. The summed E-state index contributed by atoms with van der Waals surface area (Å²) < 4.78 is 10.5. The number of pyridine rings is 2. The van der Waals surface area contributed by atoms with Gasteiger partial charge in [-0.15, -0.1) is 0 Å². The summed E-state index contributed by atoms with van der Waals surface area (Å²) in [6, 6.07) is 6.99. The molecule has 5 heteroatoms. The van der Waals surface area contributed by atoms with Gasteiger partial charge in [-0.1, -0.05) is 0 Å². The zero-order chi connectivity index (χ0) is 11.2. The van der Waals surface area contributed by atoms with E-state index in [1.54, 1.807) is 49.1 Å². The van der Waals surface area contributed by atoms with E-state index in [0.717, 1.165) is 0 Å². The molecule has 4 nitrogen and oxygen atoms in total. The minimum Gasteiger partial charge on any atom is -0.416 e. The molecule has 0 aliphatic carbocycles. The summed E-state index contributed by atoms with van der Waals surface area (Å²) in [6.45, 7) is 0. The minimum absolute atomic E-state index is 0.0148. The Morgan fingerprint density at radius 2 is 1.44 bits per heavy atom. The standard InChI is InChI=1S/C11H8N2O2S/c16-11(14-9-3-1-5-12-7-9)15-10-4-2-6-13-8-10/h1-8H. The summed E-state index contributed by atoms with van der Waals surface area (Å²) in [5.74, 6) is 1.08. The van der Waals surface area contributed by atoms with Gasteiger partial charge in [0.05, 0.1) is 12.4 Å². The molecule has 0 aromatic carbocycles. The maximum Gasteiger partial charge on any atom is 0.363 e. The number of aromatic nitrogens is 2. The van der Waals surface area contributed by atoms with Crippen molar-refractivity contribution in [2.75, 3.05) is 0 Å². The third-order valence-electron chi connectivity index (χ3n) is 1.67. The van der Waals surface area contributed by atoms with Crippen LogP contribution in [0.15, 0.2) is 49.1 Å². The molecule has 2 rings (SSSR count). The van der Waals surface area contributed by atoms with Gasteiger partial charge in [0.15, 0.2) is 0 Å². The lowest BCUT2D eigenvalue weighted by Gasteiger charge is -2.06. The highest BCUT2D eigenvalue weighted by molar-refractivity contribution is 7.79. The van der Waals surface area contributed by atoms with E-state index in [0.29, 0.717) is 11.5 Å². The largest absolute Gasteiger partial charge is 0.416 e. The van der Waals surface area contributed by atoms with E-state index in [2.05, 4.69) is 9.97 Å². The Morgan fingerprint density at radius 3 is 1.81 bits per heavy atom. The SMILES string of the molecule is S=C(Oc1cccnc1)Oc1cccnc1. The Bertz CT molecular complexity index is 418. The van der Waals surface area contributed by atoms with Crippen LogP contribution in [-0.4, -0.2) is 15.2 Å². The van der Waals surface area contributed by atoms with Gasteiger partial charge in [-0.3, -0.25) is 9.97 Å². The smallest absolute Gasteiger partial charge is 0.363 e. The molecule has 2 aromatic rings. The molecular weight excluding hydrogens is 224 g/mol. The van der Waals surface area contributed by atoms with Crippen LogP contribution in [0.25, 0.3) is 0 Å². The number of rotatable bonds is 2. The first kappa shape index (κ1) is 10.5. The summed E-state index contributed by atoms with van der Waals surface area (Å²) in [7, 11) is 0. The zero-order valence-electron chi connectivity index (χ0n) is 8.24. The minimum atomic E-state index is 0.0148. The second-order valence-electron chi connectivity index (χ2n) is 2.83. The molecule has 0 amide bonds. The maximum absolute atomic E-state index is 5.24. The van der Waals surface area contributed by atoms with Crippen molar-refractivity contribution in [3.05, 3.63) is 49.1 Å². The van der Waals surface area contributed by atoms with E-state index in [4.69, 9.17) is 21.7 Å². The molecule has 0 spiro atoms. The van der Waals surface area contributed by atoms with E-state index in [9.17, 15) is 0 Å². The fraction of sp³-hybridized carbons (Fsp3) is 0. The molecule has 2 aromatic heterocycles. The lowest BCUT2D eigenvalue weighted by molar-refractivity contribution is 0.401. The number of ether oxygens (including phenoxy) is 2. The van der Waals surface area contributed by atoms with Crippen molar-refractivity contribution in [1.29, 1.82) is 0 Å². The summed E-state index contributed by atoms with van der Waals surface area (Å²) >= 11 is 4.92. The Labute approximate surface area is 97.9 Å². The van der Waals surface area contributed by atoms with Gasteiger partial charge in [0.25, 0.3) is 0 Å². The van der Waals surface area contributed by atoms with Crippen LogP contribution in [0.1, 0.15) is 0 Å². The second-order valence-corrected chi connectivity index (χ2v) is 3.16. The van der Waals surface area contributed by atoms with Crippen molar-refractivity contribution in [3.8, 4) is 11.5 Å². The van der Waals surface area contributed by atoms with Crippen LogP contribution in [0.4, 0.5) is 0 Å². The third-order valence-corrected chi connectivity index (χ3v) is 1.84. The first-order valence-corrected chi connectivity index (χ1v) is 4.95. The average Bonchev–Trinajstić information content (AvgIpc) is 2.31. The van der Waals surface area contributed by atoms with Crippen molar-refractivity contribution in [2.45, 2.75) is 0 Å². The highest BCUT2D eigenvalue weighted by Gasteiger charge is 2.02. The Kier molecular flexibility index (Phi) is 3.40. The van der Waals surface area contributed by atoms with Crippen LogP contribution in [0, 0.1) is 0 Å². The summed E-state index contributed by atoms with van der Waals surface area (Å²) in [5.41, 5.74) is 0. The van der Waals surface area contributed by atoms with Crippen molar-refractivity contribution < 1.29 is 9.47 Å². The first-order valence-electron chi connectivity index (χ1n) is 4.54. The van der Waals surface area contributed by atoms with E-state index in [-0.39, 0.29) is 5.24 Å². The molecule has 0 saturated carbocycles. The van der Waals surface area contributed by atoms with Gasteiger partial charge >= 0.3 is 5.24 Å². The number of hydrogen-bond donors (Lipinski definition) is 0. The van der Waals surface area contributed by atoms with Crippen LogP contribution in [-0.2, 0) is 0 Å². The molecule has 0 bridgehead atoms. The number of thiocarbonyl (C=S) groups is 1. The number of hydrogen-bond acceptors (Lipinski definition) is 5. The first-order chi connectivity index (χ1) is 7.84. The quantitative estimate of drug-likeness (QED) is 0.743. The van der Waals surface area contributed by atoms with Gasteiger partial charge < -0.3 is 9.47 Å². The van der Waals surface area contributed by atoms with E-state index < -0.39 is 0 Å². The molecule has 0 radical (unpaired) electrons. The van der Waals surface area contributed by atoms with Crippen molar-refractivity contribution in [3.63, 3.8) is 0 Å². The van der Waals surface area contributed by atoms with Gasteiger partial charge in [0.2, 0.25) is 0 Å². The van der Waals surface area contributed by atoms with Crippen LogP contribution >= 0.6 is 12.2 Å². The normalized spacial score (nSPS) is 9.50. The highest BCUT2D eigenvalue weighted by Crippen LogP contribution is 2.11.